The number of aryl methyl sites for hydroxylation is 1. The van der Waals surface area contributed by atoms with Gasteiger partial charge in [0.05, 0.1) is 16.6 Å². The van der Waals surface area contributed by atoms with Crippen molar-refractivity contribution in [2.75, 3.05) is 5.32 Å². The van der Waals surface area contributed by atoms with E-state index in [1.54, 1.807) is 45.0 Å². The van der Waals surface area contributed by atoms with Gasteiger partial charge >= 0.3 is 0 Å². The third kappa shape index (κ3) is 6.82. The number of nitrogens with one attached hydrogen (secondary N) is 1. The molecule has 0 bridgehead atoms. The minimum absolute atomic E-state index is 0.0476. The number of amides is 1. The van der Waals surface area contributed by atoms with E-state index in [0.717, 1.165) is 24.2 Å². The summed E-state index contributed by atoms with van der Waals surface area (Å²) in [6, 6.07) is 15.0. The molecule has 1 saturated carbocycles. The van der Waals surface area contributed by atoms with Crippen LogP contribution in [0.5, 0.6) is 5.75 Å². The van der Waals surface area contributed by atoms with Crippen LogP contribution in [0.4, 0.5) is 5.69 Å². The van der Waals surface area contributed by atoms with E-state index in [1.165, 1.54) is 12.8 Å². The summed E-state index contributed by atoms with van der Waals surface area (Å²) in [7, 11) is -3.28. The lowest BCUT2D eigenvalue weighted by Gasteiger charge is -2.19. The lowest BCUT2D eigenvalue weighted by molar-refractivity contribution is -0.116. The van der Waals surface area contributed by atoms with Crippen molar-refractivity contribution >= 4 is 21.4 Å². The van der Waals surface area contributed by atoms with Crippen LogP contribution in [0, 0.1) is 0 Å². The van der Waals surface area contributed by atoms with Gasteiger partial charge in [-0.1, -0.05) is 24.3 Å². The van der Waals surface area contributed by atoms with Crippen molar-refractivity contribution in [1.29, 1.82) is 0 Å². The molecular formula is C25H33NO4S. The van der Waals surface area contributed by atoms with Gasteiger partial charge in [0, 0.05) is 12.1 Å². The Morgan fingerprint density at radius 2 is 1.71 bits per heavy atom. The highest BCUT2D eigenvalue weighted by Crippen LogP contribution is 2.25. The number of carbonyl (C=O) groups is 1. The van der Waals surface area contributed by atoms with Crippen molar-refractivity contribution in [3.05, 3.63) is 59.7 Å². The quantitative estimate of drug-likeness (QED) is 0.601. The van der Waals surface area contributed by atoms with Crippen molar-refractivity contribution in [1.82, 2.24) is 0 Å². The maximum Gasteiger partial charge on any atom is 0.224 e. The molecule has 168 valence electrons. The molecule has 3 rings (SSSR count). The van der Waals surface area contributed by atoms with E-state index < -0.39 is 14.6 Å². The van der Waals surface area contributed by atoms with Crippen molar-refractivity contribution in [3.63, 3.8) is 0 Å². The standard InChI is InChI=1S/C25H33NO4S/c1-25(2,3)31(28,29)18-20-9-6-10-21(16-20)26-24(27)15-14-19-8-7-13-23(17-19)30-22-11-4-5-12-22/h6-10,13,16-17,22H,4-5,11-12,14-15,18H2,1-3H3,(H,26,27). The first kappa shape index (κ1) is 23.3. The molecule has 0 aromatic heterocycles. The largest absolute Gasteiger partial charge is 0.490 e. The molecule has 0 unspecified atom stereocenters. The van der Waals surface area contributed by atoms with Crippen LogP contribution in [0.25, 0.3) is 0 Å². The lowest BCUT2D eigenvalue weighted by atomic mass is 10.1. The summed E-state index contributed by atoms with van der Waals surface area (Å²) in [5.41, 5.74) is 2.35. The molecular weight excluding hydrogens is 410 g/mol. The monoisotopic (exact) mass is 443 g/mol. The van der Waals surface area contributed by atoms with E-state index in [2.05, 4.69) is 5.32 Å². The average molecular weight is 444 g/mol. The van der Waals surface area contributed by atoms with E-state index in [1.807, 2.05) is 24.3 Å². The third-order valence-electron chi connectivity index (χ3n) is 5.64. The highest BCUT2D eigenvalue weighted by Gasteiger charge is 2.29. The van der Waals surface area contributed by atoms with Crippen LogP contribution in [0.1, 0.15) is 64.0 Å². The lowest BCUT2D eigenvalue weighted by Crippen LogP contribution is -2.29. The maximum absolute atomic E-state index is 12.5. The first-order valence-corrected chi connectivity index (χ1v) is 12.6. The summed E-state index contributed by atoms with van der Waals surface area (Å²) in [6.07, 6.45) is 5.96. The van der Waals surface area contributed by atoms with Gasteiger partial charge in [0.1, 0.15) is 5.75 Å². The number of carbonyl (C=O) groups excluding carboxylic acids is 1. The van der Waals surface area contributed by atoms with Gasteiger partial charge in [-0.3, -0.25) is 4.79 Å². The zero-order chi connectivity index (χ0) is 22.5. The molecule has 1 N–H and O–H groups in total. The Kier molecular flexibility index (Phi) is 7.42. The van der Waals surface area contributed by atoms with Crippen LogP contribution in [0.15, 0.2) is 48.5 Å². The smallest absolute Gasteiger partial charge is 0.224 e. The van der Waals surface area contributed by atoms with Crippen LogP contribution < -0.4 is 10.1 Å². The van der Waals surface area contributed by atoms with E-state index in [0.29, 0.717) is 30.2 Å². The van der Waals surface area contributed by atoms with Gasteiger partial charge in [-0.2, -0.15) is 0 Å². The SMILES string of the molecule is CC(C)(C)S(=O)(=O)Cc1cccc(NC(=O)CCc2cccc(OC3CCCC3)c2)c1. The molecule has 1 fully saturated rings. The van der Waals surface area contributed by atoms with Gasteiger partial charge in [-0.15, -0.1) is 0 Å². The molecule has 31 heavy (non-hydrogen) atoms. The molecule has 2 aromatic carbocycles. The van der Waals surface area contributed by atoms with E-state index in [-0.39, 0.29) is 11.7 Å². The molecule has 0 saturated heterocycles. The number of anilines is 1. The Morgan fingerprint density at radius 1 is 1.03 bits per heavy atom. The van der Waals surface area contributed by atoms with Gasteiger partial charge < -0.3 is 10.1 Å². The van der Waals surface area contributed by atoms with Gasteiger partial charge in [-0.25, -0.2) is 8.42 Å². The molecule has 1 aliphatic rings. The normalized spacial score (nSPS) is 15.1. The molecule has 1 amide bonds. The third-order valence-corrected chi connectivity index (χ3v) is 8.22. The summed E-state index contributed by atoms with van der Waals surface area (Å²) < 4.78 is 30.1. The summed E-state index contributed by atoms with van der Waals surface area (Å²) in [6.45, 7) is 5.09. The Morgan fingerprint density at radius 3 is 2.42 bits per heavy atom. The zero-order valence-electron chi connectivity index (χ0n) is 18.7. The minimum atomic E-state index is -3.28. The maximum atomic E-state index is 12.5. The van der Waals surface area contributed by atoms with Gasteiger partial charge in [0.25, 0.3) is 0 Å². The van der Waals surface area contributed by atoms with Crippen LogP contribution in [-0.2, 0) is 26.8 Å². The Labute approximate surface area is 186 Å². The number of sulfone groups is 1. The summed E-state index contributed by atoms with van der Waals surface area (Å²) in [4.78, 5) is 12.4. The fourth-order valence-corrected chi connectivity index (χ4v) is 4.68. The Hall–Kier alpha value is -2.34. The Bertz CT molecular complexity index is 1000. The second kappa shape index (κ2) is 9.86. The summed E-state index contributed by atoms with van der Waals surface area (Å²) in [5, 5.41) is 2.89. The minimum Gasteiger partial charge on any atom is -0.490 e. The molecule has 5 nitrogen and oxygen atoms in total. The topological polar surface area (TPSA) is 72.5 Å². The van der Waals surface area contributed by atoms with Gasteiger partial charge in [-0.05, 0) is 88.3 Å². The summed E-state index contributed by atoms with van der Waals surface area (Å²) >= 11 is 0. The molecule has 0 radical (unpaired) electrons. The molecule has 0 heterocycles. The zero-order valence-corrected chi connectivity index (χ0v) is 19.5. The van der Waals surface area contributed by atoms with Crippen molar-refractivity contribution in [3.8, 4) is 5.75 Å². The second-order valence-electron chi connectivity index (χ2n) is 9.29. The van der Waals surface area contributed by atoms with Gasteiger partial charge in [0.15, 0.2) is 9.84 Å². The first-order valence-electron chi connectivity index (χ1n) is 11.0. The number of rotatable bonds is 8. The fraction of sp³-hybridized carbons (Fsp3) is 0.480. The fourth-order valence-electron chi connectivity index (χ4n) is 3.63. The number of ether oxygens (including phenoxy) is 1. The van der Waals surface area contributed by atoms with Crippen LogP contribution >= 0.6 is 0 Å². The highest BCUT2D eigenvalue weighted by atomic mass is 32.2. The molecule has 1 aliphatic carbocycles. The van der Waals surface area contributed by atoms with E-state index in [9.17, 15) is 13.2 Å². The predicted molar refractivity (Wildman–Crippen MR) is 125 cm³/mol. The summed E-state index contributed by atoms with van der Waals surface area (Å²) in [5.74, 6) is 0.726. The van der Waals surface area contributed by atoms with Crippen LogP contribution in [0.2, 0.25) is 0 Å². The van der Waals surface area contributed by atoms with Crippen LogP contribution in [-0.4, -0.2) is 25.2 Å². The Balaban J connectivity index is 1.54. The van der Waals surface area contributed by atoms with Crippen molar-refractivity contribution in [2.24, 2.45) is 0 Å². The van der Waals surface area contributed by atoms with Crippen LogP contribution in [0.3, 0.4) is 0 Å². The second-order valence-corrected chi connectivity index (χ2v) is 12.0. The first-order chi connectivity index (χ1) is 14.6. The number of benzene rings is 2. The molecule has 2 aromatic rings. The predicted octanol–water partition coefficient (Wildman–Crippen LogP) is 5.29. The average Bonchev–Trinajstić information content (AvgIpc) is 3.19. The molecule has 0 aliphatic heterocycles. The van der Waals surface area contributed by atoms with Crippen molar-refractivity contribution < 1.29 is 17.9 Å². The molecule has 0 spiro atoms. The highest BCUT2D eigenvalue weighted by molar-refractivity contribution is 7.91. The van der Waals surface area contributed by atoms with Crippen molar-refractivity contribution in [2.45, 2.75) is 75.9 Å². The molecule has 6 heteroatoms. The number of hydrogen-bond donors (Lipinski definition) is 1. The molecule has 0 atom stereocenters. The van der Waals surface area contributed by atoms with E-state index in [4.69, 9.17) is 4.74 Å². The van der Waals surface area contributed by atoms with E-state index >= 15 is 0 Å². The number of hydrogen-bond acceptors (Lipinski definition) is 4. The van der Waals surface area contributed by atoms with Gasteiger partial charge in [0.2, 0.25) is 5.91 Å².